The van der Waals surface area contributed by atoms with Gasteiger partial charge in [-0.3, -0.25) is 10.2 Å². The number of piperidine rings is 3. The molecule has 3 aliphatic heterocycles. The summed E-state index contributed by atoms with van der Waals surface area (Å²) in [6, 6.07) is 7.41. The van der Waals surface area contributed by atoms with Crippen LogP contribution in [0.5, 0.6) is 5.75 Å². The second-order valence-electron chi connectivity index (χ2n) is 5.64. The van der Waals surface area contributed by atoms with Crippen LogP contribution in [0.15, 0.2) is 24.3 Å². The number of carbonyl (C=O) groups excluding carboxylic acids is 1. The molecule has 0 aromatic heterocycles. The van der Waals surface area contributed by atoms with Gasteiger partial charge in [-0.25, -0.2) is 4.79 Å². The summed E-state index contributed by atoms with van der Waals surface area (Å²) in [7, 11) is 0. The van der Waals surface area contributed by atoms with Crippen LogP contribution in [-0.2, 0) is 4.74 Å². The van der Waals surface area contributed by atoms with Gasteiger partial charge >= 0.3 is 6.09 Å². The maximum absolute atomic E-state index is 12.1. The Morgan fingerprint density at radius 1 is 1.33 bits per heavy atom. The molecule has 4 rings (SSSR count). The molecule has 5 heteroatoms. The fraction of sp³-hybridized carbons (Fsp3) is 0.562. The molecule has 3 saturated heterocycles. The van der Waals surface area contributed by atoms with Crippen LogP contribution in [0.3, 0.4) is 0 Å². The van der Waals surface area contributed by atoms with Gasteiger partial charge in [-0.15, -0.1) is 0 Å². The number of anilines is 1. The third-order valence-corrected chi connectivity index (χ3v) is 4.28. The van der Waals surface area contributed by atoms with Crippen molar-refractivity contribution in [2.75, 3.05) is 31.6 Å². The van der Waals surface area contributed by atoms with E-state index < -0.39 is 0 Å². The van der Waals surface area contributed by atoms with Gasteiger partial charge in [0.05, 0.1) is 12.3 Å². The first-order valence-corrected chi connectivity index (χ1v) is 7.68. The highest BCUT2D eigenvalue weighted by Gasteiger charge is 2.36. The maximum Gasteiger partial charge on any atom is 0.412 e. The number of fused-ring (bicyclic) bond motifs is 3. The number of carbonyl (C=O) groups is 1. The molecule has 5 nitrogen and oxygen atoms in total. The molecule has 2 bridgehead atoms. The molecule has 3 aliphatic rings. The van der Waals surface area contributed by atoms with E-state index in [1.165, 1.54) is 0 Å². The molecule has 1 aromatic carbocycles. The molecular weight excluding hydrogens is 268 g/mol. The van der Waals surface area contributed by atoms with E-state index in [9.17, 15) is 4.79 Å². The molecule has 3 heterocycles. The van der Waals surface area contributed by atoms with Crippen molar-refractivity contribution in [3.8, 4) is 5.75 Å². The number of benzene rings is 1. The zero-order valence-electron chi connectivity index (χ0n) is 12.4. The summed E-state index contributed by atoms with van der Waals surface area (Å²) in [5.74, 6) is 1.19. The smallest absolute Gasteiger partial charge is 0.412 e. The minimum Gasteiger partial charge on any atom is -0.492 e. The van der Waals surface area contributed by atoms with Gasteiger partial charge in [0.1, 0.15) is 11.9 Å². The number of rotatable bonds is 4. The predicted octanol–water partition coefficient (Wildman–Crippen LogP) is 2.73. The molecule has 0 radical (unpaired) electrons. The Bertz CT molecular complexity index is 498. The number of ether oxygens (including phenoxy) is 2. The zero-order valence-corrected chi connectivity index (χ0v) is 12.4. The van der Waals surface area contributed by atoms with E-state index in [0.29, 0.717) is 24.0 Å². The van der Waals surface area contributed by atoms with Crippen molar-refractivity contribution in [3.05, 3.63) is 24.3 Å². The lowest BCUT2D eigenvalue weighted by Crippen LogP contribution is -2.52. The van der Waals surface area contributed by atoms with Gasteiger partial charge in [-0.2, -0.15) is 0 Å². The lowest BCUT2D eigenvalue weighted by Gasteiger charge is -2.43. The number of nitrogens with one attached hydrogen (secondary N) is 1. The summed E-state index contributed by atoms with van der Waals surface area (Å²) in [5.41, 5.74) is 0.658. The third kappa shape index (κ3) is 3.29. The largest absolute Gasteiger partial charge is 0.492 e. The van der Waals surface area contributed by atoms with Crippen LogP contribution in [0.1, 0.15) is 19.8 Å². The van der Waals surface area contributed by atoms with Crippen LogP contribution in [-0.4, -0.2) is 43.3 Å². The molecule has 1 aromatic rings. The van der Waals surface area contributed by atoms with Crippen molar-refractivity contribution >= 4 is 11.8 Å². The highest BCUT2D eigenvalue weighted by molar-refractivity contribution is 5.86. The van der Waals surface area contributed by atoms with Gasteiger partial charge in [0.15, 0.2) is 0 Å². The normalized spacial score (nSPS) is 27.2. The monoisotopic (exact) mass is 290 g/mol. The van der Waals surface area contributed by atoms with Gasteiger partial charge in [-0.05, 0) is 50.9 Å². The first-order valence-electron chi connectivity index (χ1n) is 7.68. The van der Waals surface area contributed by atoms with Crippen LogP contribution in [0.4, 0.5) is 10.5 Å². The average molecular weight is 290 g/mol. The summed E-state index contributed by atoms with van der Waals surface area (Å²) in [6.45, 7) is 5.62. The van der Waals surface area contributed by atoms with Crippen molar-refractivity contribution in [1.29, 1.82) is 0 Å². The summed E-state index contributed by atoms with van der Waals surface area (Å²) in [5, 5.41) is 2.80. The molecule has 0 saturated carbocycles. The molecule has 114 valence electrons. The fourth-order valence-corrected chi connectivity index (χ4v) is 3.17. The van der Waals surface area contributed by atoms with Crippen molar-refractivity contribution < 1.29 is 14.3 Å². The summed E-state index contributed by atoms with van der Waals surface area (Å²) < 4.78 is 11.1. The second-order valence-corrected chi connectivity index (χ2v) is 5.64. The predicted molar refractivity (Wildman–Crippen MR) is 80.7 cm³/mol. The Labute approximate surface area is 125 Å². The minimum absolute atomic E-state index is 0.0201. The number of hydrogen-bond donors (Lipinski definition) is 1. The van der Waals surface area contributed by atoms with Crippen LogP contribution in [0.25, 0.3) is 0 Å². The van der Waals surface area contributed by atoms with E-state index >= 15 is 0 Å². The molecular formula is C16H22N2O3. The molecule has 21 heavy (non-hydrogen) atoms. The first-order chi connectivity index (χ1) is 10.3. The average Bonchev–Trinajstić information content (AvgIpc) is 2.50. The van der Waals surface area contributed by atoms with Crippen molar-refractivity contribution in [1.82, 2.24) is 4.90 Å². The van der Waals surface area contributed by atoms with Crippen LogP contribution >= 0.6 is 0 Å². The SMILES string of the molecule is CCOc1ccccc1NC(=O)OC1CN2CCC1CC2. The lowest BCUT2D eigenvalue weighted by atomic mass is 9.86. The maximum atomic E-state index is 12.1. The quantitative estimate of drug-likeness (QED) is 0.926. The molecule has 1 atom stereocenters. The molecule has 1 unspecified atom stereocenters. The highest BCUT2D eigenvalue weighted by Crippen LogP contribution is 2.30. The molecule has 1 amide bonds. The van der Waals surface area contributed by atoms with Gasteiger partial charge in [-0.1, -0.05) is 12.1 Å². The van der Waals surface area contributed by atoms with E-state index in [1.54, 1.807) is 0 Å². The zero-order chi connectivity index (χ0) is 14.7. The van der Waals surface area contributed by atoms with E-state index in [4.69, 9.17) is 9.47 Å². The van der Waals surface area contributed by atoms with Crippen molar-refractivity contribution in [3.63, 3.8) is 0 Å². The summed E-state index contributed by atoms with van der Waals surface area (Å²) in [6.07, 6.45) is 1.90. The van der Waals surface area contributed by atoms with E-state index in [-0.39, 0.29) is 12.2 Å². The lowest BCUT2D eigenvalue weighted by molar-refractivity contribution is -0.0290. The number of amides is 1. The van der Waals surface area contributed by atoms with E-state index in [1.807, 2.05) is 31.2 Å². The standard InChI is InChI=1S/C16H22N2O3/c1-2-20-14-6-4-3-5-13(14)17-16(19)21-15-11-18-9-7-12(15)8-10-18/h3-6,12,15H,2,7-11H2,1H3,(H,17,19). The van der Waals surface area contributed by atoms with Crippen molar-refractivity contribution in [2.24, 2.45) is 5.92 Å². The van der Waals surface area contributed by atoms with Gasteiger partial charge in [0.25, 0.3) is 0 Å². The van der Waals surface area contributed by atoms with E-state index in [0.717, 1.165) is 32.5 Å². The van der Waals surface area contributed by atoms with Crippen LogP contribution < -0.4 is 10.1 Å². The molecule has 1 N–H and O–H groups in total. The number of para-hydroxylation sites is 2. The second kappa shape index (κ2) is 6.35. The first kappa shape index (κ1) is 14.2. The Balaban J connectivity index is 1.59. The Hall–Kier alpha value is -1.75. The molecule has 0 aliphatic carbocycles. The highest BCUT2D eigenvalue weighted by atomic mass is 16.6. The fourth-order valence-electron chi connectivity index (χ4n) is 3.17. The van der Waals surface area contributed by atoms with Gasteiger partial charge < -0.3 is 9.47 Å². The topological polar surface area (TPSA) is 50.8 Å². The van der Waals surface area contributed by atoms with E-state index in [2.05, 4.69) is 10.2 Å². The van der Waals surface area contributed by atoms with Crippen LogP contribution in [0, 0.1) is 5.92 Å². The van der Waals surface area contributed by atoms with Gasteiger partial charge in [0, 0.05) is 6.54 Å². The minimum atomic E-state index is -0.388. The number of nitrogens with zero attached hydrogens (tertiary/aromatic N) is 1. The Morgan fingerprint density at radius 2 is 2.10 bits per heavy atom. The summed E-state index contributed by atoms with van der Waals surface area (Å²) >= 11 is 0. The number of hydrogen-bond acceptors (Lipinski definition) is 4. The Morgan fingerprint density at radius 3 is 2.76 bits per heavy atom. The van der Waals surface area contributed by atoms with Crippen LogP contribution in [0.2, 0.25) is 0 Å². The van der Waals surface area contributed by atoms with Crippen molar-refractivity contribution in [2.45, 2.75) is 25.9 Å². The third-order valence-electron chi connectivity index (χ3n) is 4.28. The summed E-state index contributed by atoms with van der Waals surface area (Å²) in [4.78, 5) is 14.5. The Kier molecular flexibility index (Phi) is 4.29. The molecule has 0 spiro atoms. The molecule has 3 fully saturated rings. The van der Waals surface area contributed by atoms with Gasteiger partial charge in [0.2, 0.25) is 0 Å².